The van der Waals surface area contributed by atoms with Crippen LogP contribution in [0.25, 0.3) is 22.5 Å². The molecule has 1 N–H and O–H groups in total. The Morgan fingerprint density at radius 3 is 2.19 bits per heavy atom. The summed E-state index contributed by atoms with van der Waals surface area (Å²) in [5, 5.41) is 9.22. The third-order valence-electron chi connectivity index (χ3n) is 5.19. The molecular formula is C21H19ClFN5O3. The van der Waals surface area contributed by atoms with Gasteiger partial charge < -0.3 is 19.5 Å². The molecule has 1 aliphatic rings. The van der Waals surface area contributed by atoms with Gasteiger partial charge in [0.25, 0.3) is 0 Å². The molecular weight excluding hydrogens is 425 g/mol. The molecule has 0 atom stereocenters. The lowest BCUT2D eigenvalue weighted by molar-refractivity contribution is -0.133. The lowest BCUT2D eigenvalue weighted by atomic mass is 10.1. The summed E-state index contributed by atoms with van der Waals surface area (Å²) in [6.07, 6.45) is 2.26. The molecule has 0 aliphatic carbocycles. The Hall–Kier alpha value is -3.46. The lowest BCUT2D eigenvalue weighted by Gasteiger charge is -2.33. The van der Waals surface area contributed by atoms with Crippen molar-refractivity contribution in [2.75, 3.05) is 26.2 Å². The highest BCUT2D eigenvalue weighted by atomic mass is 35.5. The predicted molar refractivity (Wildman–Crippen MR) is 112 cm³/mol. The van der Waals surface area contributed by atoms with Gasteiger partial charge in [-0.25, -0.2) is 14.2 Å². The maximum atomic E-state index is 13.4. The van der Waals surface area contributed by atoms with Crippen LogP contribution in [0.5, 0.6) is 0 Å². The number of benzene rings is 1. The summed E-state index contributed by atoms with van der Waals surface area (Å²) in [5.41, 5.74) is 2.57. The fraction of sp³-hybridized carbons (Fsp3) is 0.238. The quantitative estimate of drug-likeness (QED) is 0.668. The van der Waals surface area contributed by atoms with Crippen molar-refractivity contribution in [2.45, 2.75) is 6.54 Å². The molecule has 0 unspecified atom stereocenters. The van der Waals surface area contributed by atoms with Crippen LogP contribution in [0, 0.1) is 5.82 Å². The van der Waals surface area contributed by atoms with E-state index in [1.54, 1.807) is 46.1 Å². The third kappa shape index (κ3) is 4.36. The van der Waals surface area contributed by atoms with Gasteiger partial charge in [0.15, 0.2) is 0 Å². The first kappa shape index (κ1) is 20.8. The van der Waals surface area contributed by atoms with E-state index in [1.807, 2.05) is 0 Å². The molecule has 160 valence electrons. The first-order valence-electron chi connectivity index (χ1n) is 9.62. The number of aromatic nitrogens is 3. The average Bonchev–Trinajstić information content (AvgIpc) is 3.10. The van der Waals surface area contributed by atoms with Gasteiger partial charge in [-0.2, -0.15) is 0 Å². The Kier molecular flexibility index (Phi) is 5.85. The Morgan fingerprint density at radius 2 is 1.58 bits per heavy atom. The van der Waals surface area contributed by atoms with Crippen molar-refractivity contribution in [1.82, 2.24) is 24.3 Å². The first-order chi connectivity index (χ1) is 14.9. The summed E-state index contributed by atoms with van der Waals surface area (Å²) in [4.78, 5) is 35.4. The van der Waals surface area contributed by atoms with Crippen LogP contribution in [0.15, 0.2) is 48.8 Å². The van der Waals surface area contributed by atoms with E-state index in [9.17, 15) is 14.0 Å². The highest BCUT2D eigenvalue weighted by Crippen LogP contribution is 2.34. The Bertz CT molecular complexity index is 1100. The van der Waals surface area contributed by atoms with E-state index in [1.165, 1.54) is 17.0 Å². The highest BCUT2D eigenvalue weighted by molar-refractivity contribution is 6.29. The molecule has 0 radical (unpaired) electrons. The van der Waals surface area contributed by atoms with Crippen molar-refractivity contribution in [3.63, 3.8) is 0 Å². The van der Waals surface area contributed by atoms with Crippen molar-refractivity contribution in [3.8, 4) is 22.5 Å². The van der Waals surface area contributed by atoms with Crippen LogP contribution < -0.4 is 0 Å². The normalized spacial score (nSPS) is 14.0. The molecule has 3 heterocycles. The Labute approximate surface area is 182 Å². The number of halogens is 2. The minimum atomic E-state index is -0.992. The van der Waals surface area contributed by atoms with Crippen LogP contribution in [0.4, 0.5) is 9.18 Å². The van der Waals surface area contributed by atoms with Crippen molar-refractivity contribution < 1.29 is 19.1 Å². The number of hydrogen-bond donors (Lipinski definition) is 1. The fourth-order valence-electron chi connectivity index (χ4n) is 3.56. The summed E-state index contributed by atoms with van der Waals surface area (Å²) in [7, 11) is 0. The predicted octanol–water partition coefficient (Wildman–Crippen LogP) is 3.23. The molecule has 4 rings (SSSR count). The van der Waals surface area contributed by atoms with Gasteiger partial charge in [0.2, 0.25) is 11.2 Å². The van der Waals surface area contributed by atoms with E-state index in [4.69, 9.17) is 16.7 Å². The van der Waals surface area contributed by atoms with Crippen LogP contribution in [0.2, 0.25) is 5.28 Å². The van der Waals surface area contributed by atoms with E-state index >= 15 is 0 Å². The molecule has 10 heteroatoms. The van der Waals surface area contributed by atoms with Crippen LogP contribution in [-0.2, 0) is 11.3 Å². The molecule has 2 amide bonds. The van der Waals surface area contributed by atoms with Crippen LogP contribution in [0.1, 0.15) is 0 Å². The second kappa shape index (κ2) is 8.73. The molecule has 1 fully saturated rings. The largest absolute Gasteiger partial charge is 0.465 e. The molecule has 1 aliphatic heterocycles. The second-order valence-corrected chi connectivity index (χ2v) is 7.40. The number of hydrogen-bond acceptors (Lipinski definition) is 4. The molecule has 1 saturated heterocycles. The Balaban J connectivity index is 1.67. The van der Waals surface area contributed by atoms with E-state index in [0.717, 1.165) is 5.56 Å². The number of pyridine rings is 1. The van der Waals surface area contributed by atoms with Gasteiger partial charge >= 0.3 is 6.09 Å². The van der Waals surface area contributed by atoms with E-state index in [2.05, 4.69) is 9.97 Å². The zero-order valence-corrected chi connectivity index (χ0v) is 17.2. The smallest absolute Gasteiger partial charge is 0.407 e. The van der Waals surface area contributed by atoms with Crippen molar-refractivity contribution in [3.05, 3.63) is 59.9 Å². The van der Waals surface area contributed by atoms with E-state index in [0.29, 0.717) is 30.0 Å². The number of amides is 2. The molecule has 31 heavy (non-hydrogen) atoms. The maximum Gasteiger partial charge on any atom is 0.407 e. The van der Waals surface area contributed by atoms with Gasteiger partial charge in [-0.1, -0.05) is 0 Å². The second-order valence-electron chi connectivity index (χ2n) is 7.06. The topological polar surface area (TPSA) is 91.6 Å². The number of carboxylic acid groups (broad SMARTS) is 1. The van der Waals surface area contributed by atoms with Gasteiger partial charge in [0, 0.05) is 49.7 Å². The van der Waals surface area contributed by atoms with Gasteiger partial charge in [-0.05, 0) is 48.0 Å². The minimum absolute atomic E-state index is 0.0578. The molecule has 8 nitrogen and oxygen atoms in total. The monoisotopic (exact) mass is 443 g/mol. The number of piperazine rings is 1. The van der Waals surface area contributed by atoms with Crippen molar-refractivity contribution in [1.29, 1.82) is 0 Å². The van der Waals surface area contributed by atoms with Crippen LogP contribution in [-0.4, -0.2) is 67.6 Å². The molecule has 0 spiro atoms. The molecule has 2 aromatic heterocycles. The summed E-state index contributed by atoms with van der Waals surface area (Å²) < 4.78 is 15.0. The van der Waals surface area contributed by atoms with Gasteiger partial charge in [0.1, 0.15) is 12.4 Å². The third-order valence-corrected chi connectivity index (χ3v) is 5.48. The van der Waals surface area contributed by atoms with Gasteiger partial charge in [0.05, 0.1) is 11.4 Å². The zero-order chi connectivity index (χ0) is 22.0. The van der Waals surface area contributed by atoms with Crippen molar-refractivity contribution >= 4 is 23.6 Å². The van der Waals surface area contributed by atoms with Crippen LogP contribution >= 0.6 is 11.6 Å². The minimum Gasteiger partial charge on any atom is -0.465 e. The lowest BCUT2D eigenvalue weighted by Crippen LogP contribution is -2.51. The van der Waals surface area contributed by atoms with Crippen LogP contribution in [0.3, 0.4) is 0 Å². The number of carbonyl (C=O) groups is 2. The molecule has 3 aromatic rings. The maximum absolute atomic E-state index is 13.4. The summed E-state index contributed by atoms with van der Waals surface area (Å²) in [6.45, 7) is 1.09. The van der Waals surface area contributed by atoms with E-state index in [-0.39, 0.29) is 36.6 Å². The molecule has 1 aromatic carbocycles. The number of carbonyl (C=O) groups excluding carboxylic acids is 1. The Morgan fingerprint density at radius 1 is 0.968 bits per heavy atom. The summed E-state index contributed by atoms with van der Waals surface area (Å²) >= 11 is 6.43. The molecule has 0 bridgehead atoms. The number of nitrogens with zero attached hydrogens (tertiary/aromatic N) is 5. The molecule has 0 saturated carbocycles. The van der Waals surface area contributed by atoms with Gasteiger partial charge in [-0.15, -0.1) is 0 Å². The zero-order valence-electron chi connectivity index (χ0n) is 16.4. The number of imidazole rings is 1. The SMILES string of the molecule is O=C(O)N1CCN(C(=O)Cn2c(Cl)nc(-c3ccc(F)cc3)c2-c2ccncc2)CC1. The highest BCUT2D eigenvalue weighted by Gasteiger charge is 2.26. The van der Waals surface area contributed by atoms with Crippen molar-refractivity contribution in [2.24, 2.45) is 0 Å². The fourth-order valence-corrected chi connectivity index (χ4v) is 3.79. The summed E-state index contributed by atoms with van der Waals surface area (Å²) in [6, 6.07) is 9.46. The number of rotatable bonds is 4. The standard InChI is InChI=1S/C21H19ClFN5O3/c22-20-25-18(14-1-3-16(23)4-2-14)19(15-5-7-24-8-6-15)28(20)13-17(29)26-9-11-27(12-10-26)21(30)31/h1-8H,9-13H2,(H,30,31). The average molecular weight is 444 g/mol. The van der Waals surface area contributed by atoms with E-state index < -0.39 is 6.09 Å². The van der Waals surface area contributed by atoms with Gasteiger partial charge in [-0.3, -0.25) is 9.78 Å². The first-order valence-corrected chi connectivity index (χ1v) is 10.00. The summed E-state index contributed by atoms with van der Waals surface area (Å²) in [5.74, 6) is -0.555.